The minimum atomic E-state index is -0.820. The van der Waals surface area contributed by atoms with Crippen LogP contribution in [0.5, 0.6) is 11.5 Å². The van der Waals surface area contributed by atoms with Gasteiger partial charge >= 0.3 is 5.97 Å². The van der Waals surface area contributed by atoms with Gasteiger partial charge in [-0.05, 0) is 25.1 Å². The van der Waals surface area contributed by atoms with E-state index in [0.29, 0.717) is 5.56 Å². The van der Waals surface area contributed by atoms with Gasteiger partial charge in [-0.1, -0.05) is 35.3 Å². The Balaban J connectivity index is 1.99. The molecule has 0 radical (unpaired) electrons. The number of carbonyl (C=O) groups is 2. The van der Waals surface area contributed by atoms with E-state index in [1.807, 2.05) is 0 Å². The Morgan fingerprint density at radius 3 is 2.64 bits per heavy atom. The summed E-state index contributed by atoms with van der Waals surface area (Å²) in [5, 5.41) is 9.96. The summed E-state index contributed by atoms with van der Waals surface area (Å²) >= 11 is 12.5. The predicted molar refractivity (Wildman–Crippen MR) is 92.8 cm³/mol. The van der Waals surface area contributed by atoms with Gasteiger partial charge in [-0.3, -0.25) is 4.79 Å². The van der Waals surface area contributed by atoms with E-state index in [1.165, 1.54) is 18.2 Å². The zero-order valence-corrected chi connectivity index (χ0v) is 14.7. The van der Waals surface area contributed by atoms with Gasteiger partial charge in [-0.25, -0.2) is 4.79 Å². The van der Waals surface area contributed by atoms with Gasteiger partial charge < -0.3 is 14.6 Å². The average molecular weight is 381 g/mol. The fourth-order valence-electron chi connectivity index (χ4n) is 2.67. The molecular formula is C18H14Cl2O5. The van der Waals surface area contributed by atoms with Gasteiger partial charge in [-0.15, -0.1) is 0 Å². The van der Waals surface area contributed by atoms with E-state index in [9.17, 15) is 14.7 Å². The van der Waals surface area contributed by atoms with Crippen molar-refractivity contribution < 1.29 is 24.2 Å². The van der Waals surface area contributed by atoms with Gasteiger partial charge in [0.25, 0.3) is 0 Å². The number of carbonyl (C=O) groups excluding carboxylic acids is 2. The molecule has 1 atom stereocenters. The molecule has 2 aromatic rings. The van der Waals surface area contributed by atoms with Crippen LogP contribution in [0.4, 0.5) is 0 Å². The Labute approximate surface area is 154 Å². The van der Waals surface area contributed by atoms with Crippen LogP contribution < -0.4 is 4.74 Å². The lowest BCUT2D eigenvalue weighted by Gasteiger charge is -2.11. The van der Waals surface area contributed by atoms with Crippen molar-refractivity contribution in [1.29, 1.82) is 0 Å². The number of aromatic hydroxyl groups is 1. The maximum Gasteiger partial charge on any atom is 0.347 e. The minimum Gasteiger partial charge on any atom is -0.507 e. The van der Waals surface area contributed by atoms with Gasteiger partial charge in [0.15, 0.2) is 11.9 Å². The largest absolute Gasteiger partial charge is 0.507 e. The first kappa shape index (κ1) is 17.6. The van der Waals surface area contributed by atoms with Crippen molar-refractivity contribution in [2.24, 2.45) is 0 Å². The Bertz CT molecular complexity index is 863. The van der Waals surface area contributed by atoms with Crippen molar-refractivity contribution in [3.8, 4) is 11.5 Å². The Kier molecular flexibility index (Phi) is 4.88. The quantitative estimate of drug-likeness (QED) is 0.644. The molecular weight excluding hydrogens is 367 g/mol. The number of phenolic OH excluding ortho intramolecular Hbond substituents is 1. The molecule has 1 unspecified atom stereocenters. The van der Waals surface area contributed by atoms with Crippen LogP contribution >= 0.6 is 23.2 Å². The number of ether oxygens (including phenoxy) is 2. The number of halogens is 2. The van der Waals surface area contributed by atoms with Crippen molar-refractivity contribution in [3.63, 3.8) is 0 Å². The second-order valence-electron chi connectivity index (χ2n) is 5.45. The number of fused-ring (bicyclic) bond motifs is 1. The fraction of sp³-hybridized carbons (Fsp3) is 0.222. The molecule has 2 aromatic carbocycles. The highest BCUT2D eigenvalue weighted by molar-refractivity contribution is 6.45. The van der Waals surface area contributed by atoms with Crippen molar-refractivity contribution in [1.82, 2.24) is 0 Å². The van der Waals surface area contributed by atoms with E-state index in [-0.39, 0.29) is 45.7 Å². The summed E-state index contributed by atoms with van der Waals surface area (Å²) in [5.41, 5.74) is 0.840. The van der Waals surface area contributed by atoms with E-state index in [2.05, 4.69) is 0 Å². The topological polar surface area (TPSA) is 72.8 Å². The van der Waals surface area contributed by atoms with Gasteiger partial charge in [0.05, 0.1) is 17.2 Å². The molecule has 0 aromatic heterocycles. The number of rotatable bonds is 4. The number of hydrogen-bond donors (Lipinski definition) is 1. The third-order valence-electron chi connectivity index (χ3n) is 3.85. The zero-order valence-electron chi connectivity index (χ0n) is 13.2. The molecule has 0 saturated heterocycles. The summed E-state index contributed by atoms with van der Waals surface area (Å²) in [7, 11) is 0. The summed E-state index contributed by atoms with van der Waals surface area (Å²) in [6, 6.07) is 7.69. The normalized spacial score (nSPS) is 15.4. The highest BCUT2D eigenvalue weighted by atomic mass is 35.5. The highest BCUT2D eigenvalue weighted by Crippen LogP contribution is 2.43. The molecule has 1 heterocycles. The van der Waals surface area contributed by atoms with Crippen LogP contribution in [0, 0.1) is 0 Å². The molecule has 5 nitrogen and oxygen atoms in total. The standard InChI is InChI=1S/C18H14Cl2O5/c1-2-24-18(23)13-8-9-7-11(14(19)15(20)17(9)25-13)16(22)10-5-3-4-6-12(10)21/h3-7,13,21H,2,8H2,1H3. The van der Waals surface area contributed by atoms with Crippen LogP contribution in [-0.4, -0.2) is 29.6 Å². The second kappa shape index (κ2) is 6.94. The van der Waals surface area contributed by atoms with Gasteiger partial charge in [0.1, 0.15) is 16.5 Å². The lowest BCUT2D eigenvalue weighted by atomic mass is 9.99. The van der Waals surface area contributed by atoms with E-state index < -0.39 is 17.9 Å². The zero-order chi connectivity index (χ0) is 18.1. The summed E-state index contributed by atoms with van der Waals surface area (Å²) < 4.78 is 10.5. The number of hydrogen-bond acceptors (Lipinski definition) is 5. The van der Waals surface area contributed by atoms with Crippen LogP contribution in [0.1, 0.15) is 28.4 Å². The first-order valence-electron chi connectivity index (χ1n) is 7.60. The van der Waals surface area contributed by atoms with E-state index >= 15 is 0 Å². The highest BCUT2D eigenvalue weighted by Gasteiger charge is 2.34. The van der Waals surface area contributed by atoms with Crippen LogP contribution in [-0.2, 0) is 16.0 Å². The molecule has 1 aliphatic rings. The van der Waals surface area contributed by atoms with E-state index in [1.54, 1.807) is 19.1 Å². The van der Waals surface area contributed by atoms with Crippen molar-refractivity contribution in [3.05, 3.63) is 57.1 Å². The Morgan fingerprint density at radius 1 is 1.24 bits per heavy atom. The summed E-state index contributed by atoms with van der Waals surface area (Å²) in [6.07, 6.45) is -0.592. The van der Waals surface area contributed by atoms with Gasteiger partial charge in [0, 0.05) is 17.5 Å². The molecule has 0 bridgehead atoms. The number of phenols is 1. The average Bonchev–Trinajstić information content (AvgIpc) is 3.03. The molecule has 130 valence electrons. The Morgan fingerprint density at radius 2 is 1.96 bits per heavy atom. The summed E-state index contributed by atoms with van der Waals surface area (Å²) in [5.74, 6) is -0.841. The molecule has 1 aliphatic heterocycles. The fourth-order valence-corrected chi connectivity index (χ4v) is 3.16. The number of benzene rings is 2. The number of esters is 1. The van der Waals surface area contributed by atoms with Crippen LogP contribution in [0.25, 0.3) is 0 Å². The first-order valence-corrected chi connectivity index (χ1v) is 8.36. The van der Waals surface area contributed by atoms with Crippen LogP contribution in [0.2, 0.25) is 10.0 Å². The van der Waals surface area contributed by atoms with Gasteiger partial charge in [0.2, 0.25) is 0 Å². The van der Waals surface area contributed by atoms with Crippen LogP contribution in [0.3, 0.4) is 0 Å². The van der Waals surface area contributed by atoms with Crippen LogP contribution in [0.15, 0.2) is 30.3 Å². The molecule has 1 N–H and O–H groups in total. The summed E-state index contributed by atoms with van der Waals surface area (Å²) in [6.45, 7) is 1.94. The maximum absolute atomic E-state index is 12.7. The van der Waals surface area contributed by atoms with Gasteiger partial charge in [-0.2, -0.15) is 0 Å². The smallest absolute Gasteiger partial charge is 0.347 e. The second-order valence-corrected chi connectivity index (χ2v) is 6.21. The number of para-hydroxylation sites is 1. The molecule has 0 saturated carbocycles. The molecule has 0 spiro atoms. The monoisotopic (exact) mass is 380 g/mol. The maximum atomic E-state index is 12.7. The molecule has 0 fully saturated rings. The third kappa shape index (κ3) is 3.17. The SMILES string of the molecule is CCOC(=O)C1Cc2cc(C(=O)c3ccccc3O)c(Cl)c(Cl)c2O1. The van der Waals surface area contributed by atoms with Crippen molar-refractivity contribution in [2.45, 2.75) is 19.4 Å². The molecule has 0 amide bonds. The third-order valence-corrected chi connectivity index (χ3v) is 4.70. The molecule has 25 heavy (non-hydrogen) atoms. The molecule has 3 rings (SSSR count). The Hall–Kier alpha value is -2.24. The lowest BCUT2D eigenvalue weighted by molar-refractivity contribution is -0.150. The number of ketones is 1. The van der Waals surface area contributed by atoms with Crippen molar-refractivity contribution in [2.75, 3.05) is 6.61 Å². The predicted octanol–water partition coefficient (Wildman–Crippen LogP) is 3.80. The molecule has 7 heteroatoms. The lowest BCUT2D eigenvalue weighted by Crippen LogP contribution is -2.27. The van der Waals surface area contributed by atoms with Crippen molar-refractivity contribution >= 4 is 35.0 Å². The minimum absolute atomic E-state index is 0.0122. The van der Waals surface area contributed by atoms with E-state index in [4.69, 9.17) is 32.7 Å². The molecule has 0 aliphatic carbocycles. The summed E-state index contributed by atoms with van der Waals surface area (Å²) in [4.78, 5) is 24.6. The van der Waals surface area contributed by atoms with E-state index in [0.717, 1.165) is 0 Å². The first-order chi connectivity index (χ1) is 11.9.